The molecule has 5 nitrogen and oxygen atoms in total. The summed E-state index contributed by atoms with van der Waals surface area (Å²) in [6.07, 6.45) is 0.415. The molecule has 2 atom stereocenters. The number of aliphatic hydroxyl groups is 1. The maximum atomic E-state index is 12.4. The molecule has 1 fully saturated rings. The fourth-order valence-corrected chi connectivity index (χ4v) is 2.56. The molecule has 0 aliphatic carbocycles. The van der Waals surface area contributed by atoms with Crippen molar-refractivity contribution in [2.75, 3.05) is 19.6 Å². The molecule has 1 unspecified atom stereocenters. The van der Waals surface area contributed by atoms with Crippen molar-refractivity contribution in [3.05, 3.63) is 0 Å². The molecule has 0 radical (unpaired) electrons. The van der Waals surface area contributed by atoms with Crippen LogP contribution in [0.2, 0.25) is 0 Å². The molecule has 1 amide bonds. The molecule has 1 aliphatic rings. The number of hydrogen-bond acceptors (Lipinski definition) is 4. The first kappa shape index (κ1) is 16.4. The number of carbonyl (C=O) groups is 1. The molecule has 0 spiro atoms. The van der Waals surface area contributed by atoms with Gasteiger partial charge in [-0.25, -0.2) is 0 Å². The van der Waals surface area contributed by atoms with E-state index in [9.17, 15) is 9.90 Å². The minimum atomic E-state index is -0.936. The summed E-state index contributed by atoms with van der Waals surface area (Å²) in [5, 5.41) is 13.3. The lowest BCUT2D eigenvalue weighted by Crippen LogP contribution is -2.50. The highest BCUT2D eigenvalue weighted by atomic mass is 16.3. The summed E-state index contributed by atoms with van der Waals surface area (Å²) in [5.41, 5.74) is 4.45. The summed E-state index contributed by atoms with van der Waals surface area (Å²) in [5.74, 6) is 0.433. The van der Waals surface area contributed by atoms with Gasteiger partial charge in [0.25, 0.3) is 0 Å². The van der Waals surface area contributed by atoms with E-state index in [0.29, 0.717) is 18.9 Å². The number of nitrogens with one attached hydrogen (secondary N) is 1. The van der Waals surface area contributed by atoms with E-state index in [2.05, 4.69) is 24.1 Å². The number of carbonyl (C=O) groups excluding carboxylic acids is 1. The quantitative estimate of drug-likeness (QED) is 0.688. The van der Waals surface area contributed by atoms with Gasteiger partial charge in [-0.15, -0.1) is 0 Å². The van der Waals surface area contributed by atoms with E-state index in [1.165, 1.54) is 0 Å². The van der Waals surface area contributed by atoms with Crippen molar-refractivity contribution in [2.24, 2.45) is 11.7 Å². The molecule has 112 valence electrons. The van der Waals surface area contributed by atoms with Crippen LogP contribution in [-0.4, -0.2) is 52.7 Å². The Balaban J connectivity index is 2.80. The van der Waals surface area contributed by atoms with Gasteiger partial charge in [0.15, 0.2) is 0 Å². The number of likely N-dealkylation sites (tertiary alicyclic amines) is 1. The second kappa shape index (κ2) is 5.77. The first-order chi connectivity index (χ1) is 8.56. The topological polar surface area (TPSA) is 78.6 Å². The molecule has 5 heteroatoms. The number of rotatable bonds is 4. The number of hydrogen-bond donors (Lipinski definition) is 3. The third kappa shape index (κ3) is 4.75. The fourth-order valence-electron chi connectivity index (χ4n) is 2.56. The zero-order valence-electron chi connectivity index (χ0n) is 12.9. The van der Waals surface area contributed by atoms with Gasteiger partial charge in [-0.05, 0) is 26.7 Å². The van der Waals surface area contributed by atoms with Crippen molar-refractivity contribution in [1.29, 1.82) is 0 Å². The number of nitrogens with zero attached hydrogens (tertiary/aromatic N) is 1. The second-order valence-electron chi connectivity index (χ2n) is 7.21. The van der Waals surface area contributed by atoms with E-state index < -0.39 is 5.60 Å². The SMILES string of the molecule is CC(C)CN1CC(O)(CN)C[C@H]1C(=O)NC(C)(C)C. The lowest BCUT2D eigenvalue weighted by Gasteiger charge is -2.28. The Morgan fingerprint density at radius 2 is 2.11 bits per heavy atom. The normalized spacial score (nSPS) is 28.9. The van der Waals surface area contributed by atoms with Crippen LogP contribution in [0.4, 0.5) is 0 Å². The molecule has 0 aromatic heterocycles. The van der Waals surface area contributed by atoms with E-state index in [0.717, 1.165) is 6.54 Å². The Bertz CT molecular complexity index is 325. The summed E-state index contributed by atoms with van der Waals surface area (Å²) < 4.78 is 0. The van der Waals surface area contributed by atoms with E-state index in [4.69, 9.17) is 5.73 Å². The minimum Gasteiger partial charge on any atom is -0.387 e. The van der Waals surface area contributed by atoms with Crippen molar-refractivity contribution in [1.82, 2.24) is 10.2 Å². The Kier molecular flexibility index (Phi) is 4.98. The molecule has 1 aliphatic heterocycles. The molecular weight excluding hydrogens is 242 g/mol. The van der Waals surface area contributed by atoms with Crippen LogP contribution in [0.15, 0.2) is 0 Å². The third-order valence-corrected chi connectivity index (χ3v) is 3.29. The van der Waals surface area contributed by atoms with Crippen LogP contribution in [0.5, 0.6) is 0 Å². The van der Waals surface area contributed by atoms with Gasteiger partial charge in [0.05, 0.1) is 11.6 Å². The summed E-state index contributed by atoms with van der Waals surface area (Å²) in [6.45, 7) is 11.6. The van der Waals surface area contributed by atoms with Gasteiger partial charge in [-0.1, -0.05) is 13.8 Å². The molecule has 19 heavy (non-hydrogen) atoms. The van der Waals surface area contributed by atoms with Gasteiger partial charge in [0, 0.05) is 31.6 Å². The van der Waals surface area contributed by atoms with Crippen LogP contribution < -0.4 is 11.1 Å². The van der Waals surface area contributed by atoms with Gasteiger partial charge in [-0.2, -0.15) is 0 Å². The zero-order valence-corrected chi connectivity index (χ0v) is 12.9. The largest absolute Gasteiger partial charge is 0.387 e. The molecule has 4 N–H and O–H groups in total. The number of β-amino-alcohol motifs (C(OH)–C–C–N with tert-alkyl or cyclic N) is 1. The maximum Gasteiger partial charge on any atom is 0.237 e. The van der Waals surface area contributed by atoms with Crippen LogP contribution in [0.1, 0.15) is 41.0 Å². The van der Waals surface area contributed by atoms with Gasteiger partial charge in [0.2, 0.25) is 5.91 Å². The second-order valence-corrected chi connectivity index (χ2v) is 7.21. The molecule has 0 bridgehead atoms. The van der Waals surface area contributed by atoms with E-state index in [-0.39, 0.29) is 24.0 Å². The van der Waals surface area contributed by atoms with Gasteiger partial charge >= 0.3 is 0 Å². The first-order valence-electron chi connectivity index (χ1n) is 7.05. The standard InChI is InChI=1S/C14H29N3O2/c1-10(2)7-17-9-14(19,8-15)6-11(17)12(18)16-13(3,4)5/h10-11,19H,6-9,15H2,1-5H3,(H,16,18)/t11-,14?/m0/s1. The highest BCUT2D eigenvalue weighted by molar-refractivity contribution is 5.83. The molecule has 0 aromatic carbocycles. The van der Waals surface area contributed by atoms with Gasteiger partial charge < -0.3 is 16.2 Å². The van der Waals surface area contributed by atoms with Crippen LogP contribution >= 0.6 is 0 Å². The van der Waals surface area contributed by atoms with Crippen molar-refractivity contribution >= 4 is 5.91 Å². The summed E-state index contributed by atoms with van der Waals surface area (Å²) in [7, 11) is 0. The predicted octanol–water partition coefficient (Wildman–Crippen LogP) is 0.321. The Morgan fingerprint density at radius 1 is 1.53 bits per heavy atom. The van der Waals surface area contributed by atoms with Gasteiger partial charge in [-0.3, -0.25) is 9.69 Å². The summed E-state index contributed by atoms with van der Waals surface area (Å²) in [6, 6.07) is -0.282. The van der Waals surface area contributed by atoms with E-state index >= 15 is 0 Å². The average Bonchev–Trinajstić information content (AvgIpc) is 2.53. The molecule has 1 rings (SSSR count). The molecule has 1 saturated heterocycles. The van der Waals surface area contributed by atoms with Crippen molar-refractivity contribution in [2.45, 2.75) is 58.2 Å². The monoisotopic (exact) mass is 271 g/mol. The number of nitrogens with two attached hydrogens (primary N) is 1. The highest BCUT2D eigenvalue weighted by Crippen LogP contribution is 2.27. The number of amides is 1. The Hall–Kier alpha value is -0.650. The van der Waals surface area contributed by atoms with Crippen molar-refractivity contribution in [3.63, 3.8) is 0 Å². The summed E-state index contributed by atoms with van der Waals surface area (Å²) >= 11 is 0. The van der Waals surface area contributed by atoms with Crippen LogP contribution in [0.25, 0.3) is 0 Å². The average molecular weight is 271 g/mol. The highest BCUT2D eigenvalue weighted by Gasteiger charge is 2.45. The molecule has 0 saturated carbocycles. The fraction of sp³-hybridized carbons (Fsp3) is 0.929. The smallest absolute Gasteiger partial charge is 0.237 e. The lowest BCUT2D eigenvalue weighted by atomic mass is 9.99. The Morgan fingerprint density at radius 3 is 2.53 bits per heavy atom. The van der Waals surface area contributed by atoms with Crippen LogP contribution in [0, 0.1) is 5.92 Å². The van der Waals surface area contributed by atoms with Crippen LogP contribution in [0.3, 0.4) is 0 Å². The zero-order chi connectivity index (χ0) is 14.8. The van der Waals surface area contributed by atoms with Crippen LogP contribution in [-0.2, 0) is 4.79 Å². The van der Waals surface area contributed by atoms with Gasteiger partial charge in [0.1, 0.15) is 0 Å². The third-order valence-electron chi connectivity index (χ3n) is 3.29. The molecule has 1 heterocycles. The predicted molar refractivity (Wildman–Crippen MR) is 76.7 cm³/mol. The van der Waals surface area contributed by atoms with Crippen molar-refractivity contribution in [3.8, 4) is 0 Å². The van der Waals surface area contributed by atoms with E-state index in [1.807, 2.05) is 20.8 Å². The maximum absolute atomic E-state index is 12.4. The first-order valence-corrected chi connectivity index (χ1v) is 7.05. The van der Waals surface area contributed by atoms with E-state index in [1.54, 1.807) is 0 Å². The minimum absolute atomic E-state index is 0.0162. The molecule has 0 aromatic rings. The lowest BCUT2D eigenvalue weighted by molar-refractivity contribution is -0.127. The van der Waals surface area contributed by atoms with Crippen molar-refractivity contribution < 1.29 is 9.90 Å². The molecular formula is C14H29N3O2. The Labute approximate surface area is 116 Å². The summed E-state index contributed by atoms with van der Waals surface area (Å²) in [4.78, 5) is 14.4.